The fourth-order valence-electron chi connectivity index (χ4n) is 4.61. The second-order valence-corrected chi connectivity index (χ2v) is 10.3. The van der Waals surface area contributed by atoms with E-state index in [2.05, 4.69) is 32.1 Å². The molecule has 2 aromatic heterocycles. The highest BCUT2D eigenvalue weighted by molar-refractivity contribution is 5.94. The number of aliphatic hydroxyl groups is 2. The molecule has 0 bridgehead atoms. The molecule has 12 heteroatoms. The smallest absolute Gasteiger partial charge is 0.254 e. The summed E-state index contributed by atoms with van der Waals surface area (Å²) in [6.07, 6.45) is 0.140. The number of carbonyl (C=O) groups excluding carboxylic acids is 2. The molecule has 0 unspecified atom stereocenters. The van der Waals surface area contributed by atoms with E-state index in [0.29, 0.717) is 18.0 Å². The number of hydrogen-bond acceptors (Lipinski definition) is 9. The fourth-order valence-corrected chi connectivity index (χ4v) is 4.61. The summed E-state index contributed by atoms with van der Waals surface area (Å²) in [5.74, 6) is 5.99. The van der Waals surface area contributed by atoms with E-state index in [1.807, 2.05) is 18.2 Å². The van der Waals surface area contributed by atoms with E-state index >= 15 is 0 Å². The Balaban J connectivity index is 1.22. The van der Waals surface area contributed by atoms with Crippen LogP contribution in [0.4, 0.5) is 5.82 Å². The first-order valence-corrected chi connectivity index (χ1v) is 13.0. The van der Waals surface area contributed by atoms with Crippen LogP contribution >= 0.6 is 0 Å². The maximum absolute atomic E-state index is 13.0. The standard InChI is InChI=1S/C27H29N7O5/c28-23-19-24(34(14-29-19)27-21(36)20(35)22(39-27)25(37)30-17-10-11-17)32-18(31-23)7-4-12-33(13-15-8-9-15)26(38)16-5-2-1-3-6-16/h1-3,5-6,14-15,17,20-22,27,35-36H,8-13H2,(H,30,37)(H2,28,31,32)/t20-,21+,22-,27+/m0/s1. The molecule has 3 aliphatic rings. The van der Waals surface area contributed by atoms with E-state index in [4.69, 9.17) is 10.5 Å². The molecule has 2 aliphatic carbocycles. The molecule has 4 atom stereocenters. The lowest BCUT2D eigenvalue weighted by atomic mass is 10.1. The van der Waals surface area contributed by atoms with Crippen LogP contribution < -0.4 is 11.1 Å². The molecule has 0 radical (unpaired) electrons. The molecule has 1 aromatic carbocycles. The van der Waals surface area contributed by atoms with Gasteiger partial charge in [0.15, 0.2) is 23.8 Å². The van der Waals surface area contributed by atoms with Gasteiger partial charge in [-0.2, -0.15) is 0 Å². The normalized spacial score (nSPS) is 24.3. The van der Waals surface area contributed by atoms with Crippen molar-refractivity contribution in [2.24, 2.45) is 5.92 Å². The van der Waals surface area contributed by atoms with Gasteiger partial charge in [0, 0.05) is 18.2 Å². The first-order valence-electron chi connectivity index (χ1n) is 13.0. The Labute approximate surface area is 224 Å². The van der Waals surface area contributed by atoms with E-state index in [-0.39, 0.29) is 41.3 Å². The van der Waals surface area contributed by atoms with Crippen molar-refractivity contribution in [3.63, 3.8) is 0 Å². The number of nitrogen functional groups attached to an aromatic ring is 1. The topological polar surface area (TPSA) is 169 Å². The van der Waals surface area contributed by atoms with E-state index in [0.717, 1.165) is 25.7 Å². The molecule has 6 rings (SSSR count). The van der Waals surface area contributed by atoms with Gasteiger partial charge in [-0.1, -0.05) is 24.1 Å². The highest BCUT2D eigenvalue weighted by Gasteiger charge is 2.48. The van der Waals surface area contributed by atoms with Crippen LogP contribution in [0.2, 0.25) is 0 Å². The Kier molecular flexibility index (Phi) is 6.64. The SMILES string of the molecule is Nc1nc(C#CCN(CC2CC2)C(=O)c2ccccc2)nc2c1ncn2[C@@H]1O[C@H](C(=O)NC2CC2)[C@@H](O)[C@H]1O. The zero-order valence-corrected chi connectivity index (χ0v) is 21.1. The monoisotopic (exact) mass is 531 g/mol. The molecule has 3 fully saturated rings. The molecule has 39 heavy (non-hydrogen) atoms. The van der Waals surface area contributed by atoms with Crippen LogP contribution in [-0.2, 0) is 9.53 Å². The minimum Gasteiger partial charge on any atom is -0.387 e. The molecule has 2 saturated carbocycles. The summed E-state index contributed by atoms with van der Waals surface area (Å²) in [6.45, 7) is 0.825. The average Bonchev–Trinajstić information content (AvgIpc) is 3.86. The number of aromatic nitrogens is 4. The summed E-state index contributed by atoms with van der Waals surface area (Å²) < 4.78 is 7.17. The van der Waals surface area contributed by atoms with Gasteiger partial charge in [-0.25, -0.2) is 15.0 Å². The van der Waals surface area contributed by atoms with Gasteiger partial charge in [0.25, 0.3) is 11.8 Å². The number of imidazole rings is 1. The van der Waals surface area contributed by atoms with Crippen LogP contribution in [0.15, 0.2) is 36.7 Å². The Bertz CT molecular complexity index is 1460. The van der Waals surface area contributed by atoms with Gasteiger partial charge in [-0.15, -0.1) is 0 Å². The van der Waals surface area contributed by atoms with Gasteiger partial charge < -0.3 is 30.9 Å². The van der Waals surface area contributed by atoms with E-state index in [1.54, 1.807) is 17.0 Å². The van der Waals surface area contributed by atoms with Gasteiger partial charge in [0.05, 0.1) is 12.9 Å². The molecule has 1 aliphatic heterocycles. The van der Waals surface area contributed by atoms with Gasteiger partial charge in [0.2, 0.25) is 5.82 Å². The summed E-state index contributed by atoms with van der Waals surface area (Å²) >= 11 is 0. The van der Waals surface area contributed by atoms with Crippen molar-refractivity contribution in [2.75, 3.05) is 18.8 Å². The van der Waals surface area contributed by atoms with Crippen LogP contribution in [0.25, 0.3) is 11.2 Å². The summed E-state index contributed by atoms with van der Waals surface area (Å²) in [6, 6.07) is 9.17. The van der Waals surface area contributed by atoms with Crippen LogP contribution in [-0.4, -0.2) is 83.9 Å². The third kappa shape index (κ3) is 5.29. The lowest BCUT2D eigenvalue weighted by Gasteiger charge is -2.20. The lowest BCUT2D eigenvalue weighted by Crippen LogP contribution is -2.43. The van der Waals surface area contributed by atoms with Crippen molar-refractivity contribution in [3.8, 4) is 11.8 Å². The lowest BCUT2D eigenvalue weighted by molar-refractivity contribution is -0.137. The Hall–Kier alpha value is -4.05. The second kappa shape index (κ2) is 10.3. The van der Waals surface area contributed by atoms with E-state index < -0.39 is 30.4 Å². The molecular formula is C27H29N7O5. The molecule has 2 amide bonds. The Morgan fingerprint density at radius 1 is 1.13 bits per heavy atom. The number of ether oxygens (including phenoxy) is 1. The number of nitrogens with zero attached hydrogens (tertiary/aromatic N) is 5. The number of hydrogen-bond donors (Lipinski definition) is 4. The maximum atomic E-state index is 13.0. The largest absolute Gasteiger partial charge is 0.387 e. The van der Waals surface area contributed by atoms with Crippen LogP contribution in [0.3, 0.4) is 0 Å². The van der Waals surface area contributed by atoms with Gasteiger partial charge in [-0.3, -0.25) is 14.2 Å². The van der Waals surface area contributed by atoms with Crippen molar-refractivity contribution < 1.29 is 24.5 Å². The quantitative estimate of drug-likeness (QED) is 0.311. The number of carbonyl (C=O) groups is 2. The van der Waals surface area contributed by atoms with Crippen molar-refractivity contribution >= 4 is 28.8 Å². The molecule has 202 valence electrons. The number of fused-ring (bicyclic) bond motifs is 1. The van der Waals surface area contributed by atoms with Gasteiger partial charge in [-0.05, 0) is 49.7 Å². The van der Waals surface area contributed by atoms with Gasteiger partial charge >= 0.3 is 0 Å². The fraction of sp³-hybridized carbons (Fsp3) is 0.444. The average molecular weight is 532 g/mol. The molecule has 1 saturated heterocycles. The zero-order valence-electron chi connectivity index (χ0n) is 21.1. The highest BCUT2D eigenvalue weighted by atomic mass is 16.6. The number of rotatable bonds is 7. The molecule has 3 aromatic rings. The van der Waals surface area contributed by atoms with Crippen LogP contribution in [0.1, 0.15) is 48.1 Å². The molecule has 5 N–H and O–H groups in total. The molecular weight excluding hydrogens is 502 g/mol. The Morgan fingerprint density at radius 2 is 1.90 bits per heavy atom. The number of nitrogens with one attached hydrogen (secondary N) is 1. The predicted molar refractivity (Wildman–Crippen MR) is 139 cm³/mol. The third-order valence-electron chi connectivity index (χ3n) is 7.10. The summed E-state index contributed by atoms with van der Waals surface area (Å²) in [5.41, 5.74) is 7.23. The molecule has 12 nitrogen and oxygen atoms in total. The first kappa shape index (κ1) is 25.2. The number of nitrogens with two attached hydrogens (primary N) is 1. The number of amides is 2. The highest BCUT2D eigenvalue weighted by Crippen LogP contribution is 2.33. The van der Waals surface area contributed by atoms with Crippen molar-refractivity contribution in [2.45, 2.75) is 56.3 Å². The number of anilines is 1. The Morgan fingerprint density at radius 3 is 2.62 bits per heavy atom. The minimum atomic E-state index is -1.43. The summed E-state index contributed by atoms with van der Waals surface area (Å²) in [4.78, 5) is 40.2. The number of benzene rings is 1. The van der Waals surface area contributed by atoms with Crippen molar-refractivity contribution in [3.05, 3.63) is 48.0 Å². The third-order valence-corrected chi connectivity index (χ3v) is 7.10. The van der Waals surface area contributed by atoms with Crippen LogP contribution in [0.5, 0.6) is 0 Å². The summed E-state index contributed by atoms with van der Waals surface area (Å²) in [5, 5.41) is 24.0. The first-order chi connectivity index (χ1) is 18.9. The van der Waals surface area contributed by atoms with Gasteiger partial charge in [0.1, 0.15) is 17.7 Å². The minimum absolute atomic E-state index is 0.0781. The molecule has 3 heterocycles. The number of aliphatic hydroxyl groups excluding tert-OH is 2. The van der Waals surface area contributed by atoms with Crippen molar-refractivity contribution in [1.29, 1.82) is 0 Å². The van der Waals surface area contributed by atoms with Crippen LogP contribution in [0, 0.1) is 17.8 Å². The van der Waals surface area contributed by atoms with E-state index in [9.17, 15) is 19.8 Å². The zero-order chi connectivity index (χ0) is 27.1. The predicted octanol–water partition coefficient (Wildman–Crippen LogP) is 0.210. The van der Waals surface area contributed by atoms with E-state index in [1.165, 1.54) is 10.9 Å². The maximum Gasteiger partial charge on any atom is 0.254 e. The van der Waals surface area contributed by atoms with Crippen molar-refractivity contribution in [1.82, 2.24) is 29.7 Å². The second-order valence-electron chi connectivity index (χ2n) is 10.3. The summed E-state index contributed by atoms with van der Waals surface area (Å²) in [7, 11) is 0. The molecule has 0 spiro atoms.